The third-order valence-corrected chi connectivity index (χ3v) is 4.52. The first-order valence-electron chi connectivity index (χ1n) is 5.53. The Balaban J connectivity index is 2.26. The highest BCUT2D eigenvalue weighted by Gasteiger charge is 2.12. The van der Waals surface area contributed by atoms with Gasteiger partial charge in [0.25, 0.3) is 0 Å². The van der Waals surface area contributed by atoms with Gasteiger partial charge in [-0.2, -0.15) is 4.98 Å². The van der Waals surface area contributed by atoms with Crippen LogP contribution in [0.2, 0.25) is 0 Å². The number of hydrogen-bond donors (Lipinski definition) is 2. The van der Waals surface area contributed by atoms with Crippen LogP contribution in [0.25, 0.3) is 10.7 Å². The second-order valence-electron chi connectivity index (χ2n) is 3.57. The van der Waals surface area contributed by atoms with Crippen molar-refractivity contribution in [3.8, 4) is 10.7 Å². The minimum atomic E-state index is -0.974. The van der Waals surface area contributed by atoms with Crippen LogP contribution in [0.15, 0.2) is 27.8 Å². The molecule has 10 heteroatoms. The van der Waals surface area contributed by atoms with Crippen molar-refractivity contribution in [3.05, 3.63) is 17.5 Å². The van der Waals surface area contributed by atoms with Crippen molar-refractivity contribution >= 4 is 46.8 Å². The average Bonchev–Trinajstić information content (AvgIpc) is 2.97. The van der Waals surface area contributed by atoms with Crippen LogP contribution in [0.4, 0.5) is 0 Å². The van der Waals surface area contributed by atoms with Crippen LogP contribution in [0.3, 0.4) is 0 Å². The van der Waals surface area contributed by atoms with E-state index < -0.39 is 11.9 Å². The highest BCUT2D eigenvalue weighted by molar-refractivity contribution is 8.00. The molecule has 0 spiro atoms. The van der Waals surface area contributed by atoms with Crippen molar-refractivity contribution < 1.29 is 19.8 Å². The molecule has 21 heavy (non-hydrogen) atoms. The van der Waals surface area contributed by atoms with Gasteiger partial charge in [-0.15, -0.1) is 11.3 Å². The Labute approximate surface area is 131 Å². The summed E-state index contributed by atoms with van der Waals surface area (Å²) in [5, 5.41) is 19.8. The molecular weight excluding hydrogens is 334 g/mol. The number of hydrogen-bond acceptors (Lipinski definition) is 8. The molecular formula is C11H9N3O4S3. The second kappa shape index (κ2) is 7.38. The molecule has 0 aliphatic carbocycles. The normalized spacial score (nSPS) is 10.5. The second-order valence-corrected chi connectivity index (χ2v) is 6.40. The van der Waals surface area contributed by atoms with Gasteiger partial charge >= 0.3 is 11.9 Å². The zero-order valence-corrected chi connectivity index (χ0v) is 12.9. The van der Waals surface area contributed by atoms with Gasteiger partial charge in [0, 0.05) is 0 Å². The quantitative estimate of drug-likeness (QED) is 0.728. The minimum Gasteiger partial charge on any atom is -0.481 e. The van der Waals surface area contributed by atoms with Crippen LogP contribution in [-0.4, -0.2) is 48.6 Å². The van der Waals surface area contributed by atoms with E-state index in [1.54, 1.807) is 0 Å². The highest BCUT2D eigenvalue weighted by Crippen LogP contribution is 2.26. The van der Waals surface area contributed by atoms with E-state index in [1.165, 1.54) is 11.3 Å². The predicted molar refractivity (Wildman–Crippen MR) is 79.9 cm³/mol. The van der Waals surface area contributed by atoms with Crippen molar-refractivity contribution in [1.29, 1.82) is 0 Å². The molecule has 2 heterocycles. The van der Waals surface area contributed by atoms with Crippen LogP contribution in [0.5, 0.6) is 0 Å². The zero-order valence-electron chi connectivity index (χ0n) is 10.4. The molecule has 0 saturated heterocycles. The molecule has 0 saturated carbocycles. The molecule has 2 aromatic heterocycles. The number of carbonyl (C=O) groups is 2. The molecule has 2 aromatic rings. The standard InChI is InChI=1S/C11H9N3O4S3/c15-7(16)4-20-10-12-9(6-2-1-3-19-6)13-11(14-10)21-5-8(17)18/h1-3H,4-5H2,(H,15,16)(H,17,18). The van der Waals surface area contributed by atoms with E-state index in [9.17, 15) is 9.59 Å². The van der Waals surface area contributed by atoms with Crippen molar-refractivity contribution in [2.75, 3.05) is 11.5 Å². The number of carboxylic acids is 2. The molecule has 0 atom stereocenters. The first-order valence-corrected chi connectivity index (χ1v) is 8.39. The van der Waals surface area contributed by atoms with E-state index in [-0.39, 0.29) is 21.8 Å². The molecule has 2 rings (SSSR count). The van der Waals surface area contributed by atoms with Crippen molar-refractivity contribution in [3.63, 3.8) is 0 Å². The Kier molecular flexibility index (Phi) is 5.53. The topological polar surface area (TPSA) is 113 Å². The summed E-state index contributed by atoms with van der Waals surface area (Å²) in [6.45, 7) is 0. The van der Waals surface area contributed by atoms with Gasteiger partial charge in [0.1, 0.15) is 0 Å². The van der Waals surface area contributed by atoms with Gasteiger partial charge < -0.3 is 10.2 Å². The molecule has 0 fully saturated rings. The van der Waals surface area contributed by atoms with Crippen LogP contribution in [-0.2, 0) is 9.59 Å². The maximum Gasteiger partial charge on any atom is 0.313 e. The summed E-state index contributed by atoms with van der Waals surface area (Å²) in [5.74, 6) is -1.87. The molecule has 0 aromatic carbocycles. The van der Waals surface area contributed by atoms with E-state index in [0.717, 1.165) is 28.4 Å². The van der Waals surface area contributed by atoms with E-state index in [1.807, 2.05) is 17.5 Å². The average molecular weight is 343 g/mol. The number of aliphatic carboxylic acids is 2. The van der Waals surface area contributed by atoms with Crippen LogP contribution in [0, 0.1) is 0 Å². The molecule has 0 bridgehead atoms. The molecule has 7 nitrogen and oxygen atoms in total. The van der Waals surface area contributed by atoms with E-state index in [4.69, 9.17) is 10.2 Å². The number of thioether (sulfide) groups is 2. The van der Waals surface area contributed by atoms with E-state index >= 15 is 0 Å². The molecule has 2 N–H and O–H groups in total. The molecule has 110 valence electrons. The number of carboxylic acid groups (broad SMARTS) is 2. The van der Waals surface area contributed by atoms with Crippen LogP contribution >= 0.6 is 34.9 Å². The minimum absolute atomic E-state index is 0.170. The van der Waals surface area contributed by atoms with Gasteiger partial charge in [-0.05, 0) is 11.4 Å². The lowest BCUT2D eigenvalue weighted by atomic mass is 10.4. The van der Waals surface area contributed by atoms with Crippen molar-refractivity contribution in [2.24, 2.45) is 0 Å². The van der Waals surface area contributed by atoms with Gasteiger partial charge in [-0.1, -0.05) is 29.6 Å². The number of aromatic nitrogens is 3. The lowest BCUT2D eigenvalue weighted by molar-refractivity contribution is -0.134. The monoisotopic (exact) mass is 343 g/mol. The maximum atomic E-state index is 10.6. The largest absolute Gasteiger partial charge is 0.481 e. The number of nitrogens with zero attached hydrogens (tertiary/aromatic N) is 3. The fraction of sp³-hybridized carbons (Fsp3) is 0.182. The summed E-state index contributed by atoms with van der Waals surface area (Å²) in [6, 6.07) is 3.68. The van der Waals surface area contributed by atoms with Crippen LogP contribution in [0.1, 0.15) is 0 Å². The number of rotatable bonds is 7. The lowest BCUT2D eigenvalue weighted by Crippen LogP contribution is -2.04. The summed E-state index contributed by atoms with van der Waals surface area (Å²) in [6.07, 6.45) is 0. The summed E-state index contributed by atoms with van der Waals surface area (Å²) in [5.41, 5.74) is 0. The fourth-order valence-electron chi connectivity index (χ4n) is 1.24. The maximum absolute atomic E-state index is 10.6. The Morgan fingerprint density at radius 1 is 1.05 bits per heavy atom. The summed E-state index contributed by atoms with van der Waals surface area (Å²) < 4.78 is 0. The summed E-state index contributed by atoms with van der Waals surface area (Å²) in [4.78, 5) is 34.5. The van der Waals surface area contributed by atoms with E-state index in [0.29, 0.717) is 5.82 Å². The van der Waals surface area contributed by atoms with Gasteiger partial charge in [0.15, 0.2) is 16.1 Å². The van der Waals surface area contributed by atoms with Gasteiger partial charge in [-0.25, -0.2) is 9.97 Å². The first-order chi connectivity index (χ1) is 10.0. The van der Waals surface area contributed by atoms with Gasteiger partial charge in [-0.3, -0.25) is 9.59 Å². The Morgan fingerprint density at radius 2 is 1.62 bits per heavy atom. The van der Waals surface area contributed by atoms with Crippen LogP contribution < -0.4 is 0 Å². The lowest BCUT2D eigenvalue weighted by Gasteiger charge is -2.04. The van der Waals surface area contributed by atoms with E-state index in [2.05, 4.69) is 15.0 Å². The Bertz CT molecular complexity index is 612. The van der Waals surface area contributed by atoms with Crippen molar-refractivity contribution in [2.45, 2.75) is 10.3 Å². The van der Waals surface area contributed by atoms with Gasteiger partial charge in [0.05, 0.1) is 16.4 Å². The predicted octanol–water partition coefficient (Wildman–Crippen LogP) is 1.95. The Hall–Kier alpha value is -1.65. The third kappa shape index (κ3) is 4.99. The summed E-state index contributed by atoms with van der Waals surface area (Å²) in [7, 11) is 0. The Morgan fingerprint density at radius 3 is 2.05 bits per heavy atom. The third-order valence-electron chi connectivity index (χ3n) is 1.99. The molecule has 0 radical (unpaired) electrons. The first kappa shape index (κ1) is 15.7. The van der Waals surface area contributed by atoms with Crippen molar-refractivity contribution in [1.82, 2.24) is 15.0 Å². The molecule has 0 unspecified atom stereocenters. The molecule has 0 amide bonds. The molecule has 0 aliphatic rings. The summed E-state index contributed by atoms with van der Waals surface area (Å²) >= 11 is 3.38. The SMILES string of the molecule is O=C(O)CSc1nc(SCC(=O)O)nc(-c2cccs2)n1. The molecule has 0 aliphatic heterocycles. The highest BCUT2D eigenvalue weighted by atomic mass is 32.2. The van der Waals surface area contributed by atoms with Gasteiger partial charge in [0.2, 0.25) is 0 Å². The number of thiophene rings is 1. The fourth-order valence-corrected chi connectivity index (χ4v) is 3.06. The zero-order chi connectivity index (χ0) is 15.2. The smallest absolute Gasteiger partial charge is 0.313 e.